The predicted octanol–water partition coefficient (Wildman–Crippen LogP) is 1.21. The van der Waals surface area contributed by atoms with Crippen LogP contribution in [0.3, 0.4) is 0 Å². The van der Waals surface area contributed by atoms with E-state index in [1.165, 1.54) is 6.92 Å². The first-order valence-electron chi connectivity index (χ1n) is 6.48. The summed E-state index contributed by atoms with van der Waals surface area (Å²) in [7, 11) is 0. The highest BCUT2D eigenvalue weighted by atomic mass is 19.4. The molecule has 1 saturated heterocycles. The molecule has 0 aromatic carbocycles. The highest BCUT2D eigenvalue weighted by Gasteiger charge is 2.70. The second-order valence-electron chi connectivity index (χ2n) is 5.74. The number of nitrogens with zero attached hydrogens (tertiary/aromatic N) is 1. The van der Waals surface area contributed by atoms with Gasteiger partial charge in [-0.15, -0.1) is 0 Å². The molecule has 3 fully saturated rings. The van der Waals surface area contributed by atoms with Crippen LogP contribution in [0.2, 0.25) is 0 Å². The average Bonchev–Trinajstić information content (AvgIpc) is 3.11. The van der Waals surface area contributed by atoms with Crippen molar-refractivity contribution in [1.29, 1.82) is 0 Å². The van der Waals surface area contributed by atoms with Gasteiger partial charge in [0, 0.05) is 0 Å². The summed E-state index contributed by atoms with van der Waals surface area (Å²) in [5.74, 6) is -1.04. The van der Waals surface area contributed by atoms with E-state index < -0.39 is 35.6 Å². The minimum absolute atomic E-state index is 0.00971. The second-order valence-corrected chi connectivity index (χ2v) is 5.74. The lowest BCUT2D eigenvalue weighted by Crippen LogP contribution is -2.68. The van der Waals surface area contributed by atoms with Gasteiger partial charge in [0.15, 0.2) is 0 Å². The van der Waals surface area contributed by atoms with E-state index in [2.05, 4.69) is 5.32 Å². The SMILES string of the molecule is CC1C(=O)NC(C2CC2)C(=O)N1C1(C(F)(F)F)CC1. The molecule has 19 heavy (non-hydrogen) atoms. The third-order valence-electron chi connectivity index (χ3n) is 4.37. The van der Waals surface area contributed by atoms with Crippen LogP contribution < -0.4 is 5.32 Å². The van der Waals surface area contributed by atoms with Crippen molar-refractivity contribution in [1.82, 2.24) is 10.2 Å². The van der Waals surface area contributed by atoms with Crippen LogP contribution in [0.4, 0.5) is 13.2 Å². The minimum atomic E-state index is -4.47. The van der Waals surface area contributed by atoms with Gasteiger partial charge in [0.25, 0.3) is 0 Å². The van der Waals surface area contributed by atoms with Gasteiger partial charge in [0.2, 0.25) is 11.8 Å². The molecule has 0 bridgehead atoms. The van der Waals surface area contributed by atoms with Crippen LogP contribution >= 0.6 is 0 Å². The van der Waals surface area contributed by atoms with Crippen molar-refractivity contribution in [2.45, 2.75) is 56.4 Å². The van der Waals surface area contributed by atoms with Crippen LogP contribution in [0.1, 0.15) is 32.6 Å². The van der Waals surface area contributed by atoms with Gasteiger partial charge in [-0.05, 0) is 38.5 Å². The van der Waals surface area contributed by atoms with E-state index in [-0.39, 0.29) is 18.8 Å². The molecular formula is C12H15F3N2O2. The summed E-state index contributed by atoms with van der Waals surface area (Å²) in [6.07, 6.45) is -3.09. The van der Waals surface area contributed by atoms with Crippen LogP contribution in [0.25, 0.3) is 0 Å². The molecule has 2 atom stereocenters. The topological polar surface area (TPSA) is 49.4 Å². The maximum absolute atomic E-state index is 13.2. The highest BCUT2D eigenvalue weighted by Crippen LogP contribution is 2.55. The number of piperazine rings is 1. The lowest BCUT2D eigenvalue weighted by Gasteiger charge is -2.43. The largest absolute Gasteiger partial charge is 0.411 e. The Morgan fingerprint density at radius 3 is 2.26 bits per heavy atom. The normalized spacial score (nSPS) is 34.2. The van der Waals surface area contributed by atoms with E-state index in [1.807, 2.05) is 0 Å². The van der Waals surface area contributed by atoms with Crippen LogP contribution in [-0.2, 0) is 9.59 Å². The summed E-state index contributed by atoms with van der Waals surface area (Å²) >= 11 is 0. The predicted molar refractivity (Wildman–Crippen MR) is 59.0 cm³/mol. The summed E-state index contributed by atoms with van der Waals surface area (Å²) in [6.45, 7) is 1.36. The van der Waals surface area contributed by atoms with Gasteiger partial charge in [0.1, 0.15) is 17.6 Å². The van der Waals surface area contributed by atoms with Gasteiger partial charge in [-0.3, -0.25) is 9.59 Å². The van der Waals surface area contributed by atoms with E-state index in [1.54, 1.807) is 0 Å². The fraction of sp³-hybridized carbons (Fsp3) is 0.833. The average molecular weight is 276 g/mol. The van der Waals surface area contributed by atoms with Crippen molar-refractivity contribution in [3.05, 3.63) is 0 Å². The Balaban J connectivity index is 1.93. The molecule has 1 heterocycles. The van der Waals surface area contributed by atoms with E-state index in [4.69, 9.17) is 0 Å². The fourth-order valence-corrected chi connectivity index (χ4v) is 2.90. The first-order chi connectivity index (χ1) is 8.78. The quantitative estimate of drug-likeness (QED) is 0.824. The smallest absolute Gasteiger partial charge is 0.342 e. The van der Waals surface area contributed by atoms with Crippen LogP contribution in [0.5, 0.6) is 0 Å². The summed E-state index contributed by atoms with van der Waals surface area (Å²) in [4.78, 5) is 24.9. The molecule has 4 nitrogen and oxygen atoms in total. The van der Waals surface area contributed by atoms with Crippen molar-refractivity contribution in [3.63, 3.8) is 0 Å². The Labute approximate surface area is 108 Å². The van der Waals surface area contributed by atoms with Crippen molar-refractivity contribution in [2.24, 2.45) is 5.92 Å². The van der Waals surface area contributed by atoms with E-state index in [9.17, 15) is 22.8 Å². The molecule has 3 aliphatic rings. The van der Waals surface area contributed by atoms with E-state index in [0.29, 0.717) is 0 Å². The zero-order valence-electron chi connectivity index (χ0n) is 10.5. The molecule has 0 aromatic rings. The molecule has 2 amide bonds. The van der Waals surface area contributed by atoms with E-state index >= 15 is 0 Å². The number of carbonyl (C=O) groups excluding carboxylic acids is 2. The molecule has 106 valence electrons. The molecule has 2 aliphatic carbocycles. The third-order valence-corrected chi connectivity index (χ3v) is 4.37. The van der Waals surface area contributed by atoms with Gasteiger partial charge < -0.3 is 10.2 Å². The third kappa shape index (κ3) is 1.74. The molecule has 2 saturated carbocycles. The molecule has 1 aliphatic heterocycles. The van der Waals surface area contributed by atoms with Gasteiger partial charge in [-0.1, -0.05) is 0 Å². The Morgan fingerprint density at radius 2 is 1.84 bits per heavy atom. The monoisotopic (exact) mass is 276 g/mol. The van der Waals surface area contributed by atoms with Gasteiger partial charge >= 0.3 is 6.18 Å². The number of amides is 2. The summed E-state index contributed by atoms with van der Waals surface area (Å²) in [6, 6.07) is -1.81. The molecule has 1 N–H and O–H groups in total. The molecule has 2 unspecified atom stereocenters. The first kappa shape index (κ1) is 12.7. The van der Waals surface area contributed by atoms with Gasteiger partial charge in [-0.25, -0.2) is 0 Å². The number of nitrogens with one attached hydrogen (secondary N) is 1. The van der Waals surface area contributed by atoms with Crippen LogP contribution in [0, 0.1) is 5.92 Å². The zero-order valence-corrected chi connectivity index (χ0v) is 10.5. The summed E-state index contributed by atoms with van der Waals surface area (Å²) in [5.41, 5.74) is -2.10. The van der Waals surface area contributed by atoms with E-state index in [0.717, 1.165) is 17.7 Å². The number of alkyl halides is 3. The Bertz CT molecular complexity index is 441. The highest BCUT2D eigenvalue weighted by molar-refractivity contribution is 5.98. The zero-order chi connectivity index (χ0) is 14.0. The van der Waals surface area contributed by atoms with Gasteiger partial charge in [0.05, 0.1) is 0 Å². The number of hydrogen-bond acceptors (Lipinski definition) is 2. The number of rotatable bonds is 2. The summed E-state index contributed by atoms with van der Waals surface area (Å²) in [5, 5.41) is 2.56. The Kier molecular flexibility index (Phi) is 2.44. The van der Waals surface area contributed by atoms with Crippen molar-refractivity contribution in [3.8, 4) is 0 Å². The molecule has 3 rings (SSSR count). The number of halogens is 3. The number of carbonyl (C=O) groups is 2. The lowest BCUT2D eigenvalue weighted by molar-refractivity contribution is -0.209. The number of hydrogen-bond donors (Lipinski definition) is 1. The Hall–Kier alpha value is -1.27. The maximum Gasteiger partial charge on any atom is 0.411 e. The molecule has 0 aromatic heterocycles. The molecular weight excluding hydrogens is 261 g/mol. The molecule has 0 radical (unpaired) electrons. The van der Waals surface area contributed by atoms with Crippen LogP contribution in [-0.4, -0.2) is 40.5 Å². The maximum atomic E-state index is 13.2. The summed E-state index contributed by atoms with van der Waals surface area (Å²) < 4.78 is 39.5. The molecule has 0 spiro atoms. The second kappa shape index (κ2) is 3.64. The van der Waals surface area contributed by atoms with Crippen molar-refractivity contribution < 1.29 is 22.8 Å². The molecule has 7 heteroatoms. The van der Waals surface area contributed by atoms with Crippen LogP contribution in [0.15, 0.2) is 0 Å². The minimum Gasteiger partial charge on any atom is -0.342 e. The van der Waals surface area contributed by atoms with Crippen molar-refractivity contribution in [2.75, 3.05) is 0 Å². The Morgan fingerprint density at radius 1 is 1.26 bits per heavy atom. The van der Waals surface area contributed by atoms with Crippen molar-refractivity contribution >= 4 is 11.8 Å². The first-order valence-corrected chi connectivity index (χ1v) is 6.48. The lowest BCUT2D eigenvalue weighted by atomic mass is 10.0. The standard InChI is InChI=1S/C12H15F3N2O2/c1-6-9(18)16-8(7-2-3-7)10(19)17(6)11(4-5-11)12(13,14)15/h6-8H,2-5H2,1H3,(H,16,18). The fourth-order valence-electron chi connectivity index (χ4n) is 2.90. The van der Waals surface area contributed by atoms with Gasteiger partial charge in [-0.2, -0.15) is 13.2 Å².